The summed E-state index contributed by atoms with van der Waals surface area (Å²) >= 11 is 18.0. The maximum Gasteiger partial charge on any atom is 0.306 e. The van der Waals surface area contributed by atoms with Crippen LogP contribution in [0, 0.1) is 92.7 Å². The van der Waals surface area contributed by atoms with E-state index in [4.69, 9.17) is 86.6 Å². The molecule has 0 amide bonds. The van der Waals surface area contributed by atoms with Gasteiger partial charge in [-0.2, -0.15) is 0 Å². The molecular weight excluding hydrogens is 1400 g/mol. The lowest BCUT2D eigenvalue weighted by Crippen LogP contribution is -2.63. The summed E-state index contributed by atoms with van der Waals surface area (Å²) in [7, 11) is -2.01. The Bertz CT molecular complexity index is 3380. The predicted molar refractivity (Wildman–Crippen MR) is 416 cm³/mol. The van der Waals surface area contributed by atoms with Gasteiger partial charge in [0.2, 0.25) is 3.79 Å². The van der Waals surface area contributed by atoms with Crippen molar-refractivity contribution in [2.75, 3.05) is 33.8 Å². The molecule has 0 aliphatic heterocycles. The quantitative estimate of drug-likeness (QED) is 0.0151. The van der Waals surface area contributed by atoms with Crippen molar-refractivity contribution in [3.05, 3.63) is 144 Å². The number of carbonyl (C=O) groups excluding carboxylic acids is 2. The van der Waals surface area contributed by atoms with Gasteiger partial charge in [0, 0.05) is 29.8 Å². The standard InChI is InChI=1S/C88H125Cl3O13Si/c1-59(32-38-79(92)98-54-88(89,90)91)69-34-36-71-81-73(48-77(86(69,71)8)101-57-96-52-63-28-20-14-21-29-63)84(6)42-40-67(44-65(84)46-75(81)99-55-94-50-61-24-16-12-17-25-61)103-80(93)39-33-60(2)70-35-37-72-82-74(49-78(87(70,72)9)102-58-97-53-64-30-22-15-23-31-64)85(7)43-41-68(104-105(10,11)83(3,4)5)45-66(85)47-76(82)100-56-95-51-62-26-18-13-19-27-62/h12-31,59-60,65-78,81-82H,32-58H2,1-11H3/t59-,60-,65+,66+,67-,68-,69-,70-,71+,72+,73+,74+,75-,76-,77+,78+,81+,82+,84+,85+,86-,87-/m1/s1. The molecule has 8 fully saturated rings. The van der Waals surface area contributed by atoms with E-state index in [0.29, 0.717) is 68.9 Å². The van der Waals surface area contributed by atoms with Gasteiger partial charge in [-0.25, -0.2) is 0 Å². The van der Waals surface area contributed by atoms with Crippen LogP contribution in [0.25, 0.3) is 0 Å². The van der Waals surface area contributed by atoms with Crippen LogP contribution >= 0.6 is 34.8 Å². The lowest BCUT2D eigenvalue weighted by atomic mass is 9.43. The van der Waals surface area contributed by atoms with Crippen LogP contribution in [-0.2, 0) is 87.8 Å². The molecule has 8 aliphatic rings. The summed E-state index contributed by atoms with van der Waals surface area (Å²) in [5.41, 5.74) is 4.05. The van der Waals surface area contributed by atoms with Crippen LogP contribution in [0.3, 0.4) is 0 Å². The second kappa shape index (κ2) is 35.1. The van der Waals surface area contributed by atoms with E-state index >= 15 is 0 Å². The molecular formula is C88H125Cl3O13Si. The van der Waals surface area contributed by atoms with E-state index in [9.17, 15) is 9.59 Å². The Kier molecular flexibility index (Phi) is 27.1. The van der Waals surface area contributed by atoms with Gasteiger partial charge < -0.3 is 51.8 Å². The minimum Gasteiger partial charge on any atom is -0.462 e. The highest BCUT2D eigenvalue weighted by Gasteiger charge is 2.69. The van der Waals surface area contributed by atoms with Crippen molar-refractivity contribution in [3.8, 4) is 0 Å². The van der Waals surface area contributed by atoms with Crippen LogP contribution in [-0.4, -0.2) is 94.5 Å². The number of benzene rings is 4. The van der Waals surface area contributed by atoms with Crippen LogP contribution < -0.4 is 0 Å². The first kappa shape index (κ1) is 81.0. The number of halogens is 3. The number of hydrogen-bond donors (Lipinski definition) is 0. The third-order valence-electron chi connectivity index (χ3n) is 29.3. The van der Waals surface area contributed by atoms with Crippen LogP contribution in [0.4, 0.5) is 0 Å². The molecule has 580 valence electrons. The zero-order valence-electron chi connectivity index (χ0n) is 65.0. The predicted octanol–water partition coefficient (Wildman–Crippen LogP) is 21.0. The summed E-state index contributed by atoms with van der Waals surface area (Å²) in [5.74, 6) is 3.02. The molecule has 0 unspecified atom stereocenters. The lowest BCUT2D eigenvalue weighted by molar-refractivity contribution is -0.252. The summed E-state index contributed by atoms with van der Waals surface area (Å²) in [6.07, 6.45) is 15.4. The summed E-state index contributed by atoms with van der Waals surface area (Å²) in [6, 6.07) is 41.4. The molecule has 0 heterocycles. The second-order valence-electron chi connectivity index (χ2n) is 36.0. The largest absolute Gasteiger partial charge is 0.462 e. The highest BCUT2D eigenvalue weighted by molar-refractivity contribution is 6.74. The van der Waals surface area contributed by atoms with Gasteiger partial charge in [0.1, 0.15) is 39.9 Å². The molecule has 0 spiro atoms. The molecule has 4 aromatic rings. The monoisotopic (exact) mass is 1520 g/mol. The number of esters is 2. The van der Waals surface area contributed by atoms with E-state index in [-0.39, 0.29) is 157 Å². The topological polar surface area (TPSA) is 136 Å². The summed E-state index contributed by atoms with van der Waals surface area (Å²) in [4.78, 5) is 27.9. The van der Waals surface area contributed by atoms with Crippen molar-refractivity contribution in [1.29, 1.82) is 0 Å². The second-order valence-corrected chi connectivity index (χ2v) is 43.3. The minimum atomic E-state index is -2.01. The van der Waals surface area contributed by atoms with Crippen molar-refractivity contribution < 1.29 is 61.4 Å². The van der Waals surface area contributed by atoms with Crippen LogP contribution in [0.5, 0.6) is 0 Å². The van der Waals surface area contributed by atoms with Crippen molar-refractivity contribution in [1.82, 2.24) is 0 Å². The molecule has 0 radical (unpaired) electrons. The zero-order chi connectivity index (χ0) is 74.4. The lowest BCUT2D eigenvalue weighted by Gasteiger charge is -2.65. The maximum absolute atomic E-state index is 14.8. The van der Waals surface area contributed by atoms with Gasteiger partial charge in [-0.1, -0.05) is 218 Å². The van der Waals surface area contributed by atoms with E-state index < -0.39 is 12.1 Å². The van der Waals surface area contributed by atoms with E-state index in [1.807, 2.05) is 42.5 Å². The Labute approximate surface area is 645 Å². The smallest absolute Gasteiger partial charge is 0.306 e. The molecule has 105 heavy (non-hydrogen) atoms. The first-order valence-corrected chi connectivity index (χ1v) is 44.2. The third-order valence-corrected chi connectivity index (χ3v) is 34.2. The van der Waals surface area contributed by atoms with Gasteiger partial charge in [-0.3, -0.25) is 9.59 Å². The van der Waals surface area contributed by atoms with Crippen molar-refractivity contribution in [2.45, 2.75) is 263 Å². The van der Waals surface area contributed by atoms with Gasteiger partial charge in [0.25, 0.3) is 0 Å². The fraction of sp³-hybridized carbons (Fsp3) is 0.705. The fourth-order valence-electron chi connectivity index (χ4n) is 22.8. The fourth-order valence-corrected chi connectivity index (χ4v) is 24.4. The number of rotatable bonds is 32. The number of alkyl halides is 3. The van der Waals surface area contributed by atoms with Crippen LogP contribution in [0.15, 0.2) is 121 Å². The average Bonchev–Trinajstić information content (AvgIpc) is 1.68. The molecule has 0 bridgehead atoms. The Balaban J connectivity index is 0.752. The number of carbonyl (C=O) groups is 2. The molecule has 0 N–H and O–H groups in total. The van der Waals surface area contributed by atoms with Gasteiger partial charge in [0.15, 0.2) is 8.32 Å². The van der Waals surface area contributed by atoms with E-state index in [2.05, 4.69) is 154 Å². The highest BCUT2D eigenvalue weighted by atomic mass is 35.6. The maximum atomic E-state index is 14.8. The number of fused-ring (bicyclic) bond motifs is 10. The van der Waals surface area contributed by atoms with Gasteiger partial charge in [0.05, 0.1) is 50.8 Å². The molecule has 13 nitrogen and oxygen atoms in total. The summed E-state index contributed by atoms with van der Waals surface area (Å²) in [5, 5.41) is 0.132. The first-order chi connectivity index (χ1) is 50.2. The van der Waals surface area contributed by atoms with Crippen LogP contribution in [0.2, 0.25) is 18.1 Å². The van der Waals surface area contributed by atoms with Gasteiger partial charge in [-0.15, -0.1) is 0 Å². The van der Waals surface area contributed by atoms with Crippen LogP contribution in [0.1, 0.15) is 200 Å². The van der Waals surface area contributed by atoms with Crippen molar-refractivity contribution in [2.24, 2.45) is 92.7 Å². The van der Waals surface area contributed by atoms with E-state index in [1.165, 1.54) is 0 Å². The van der Waals surface area contributed by atoms with E-state index in [0.717, 1.165) is 119 Å². The molecule has 22 atom stereocenters. The number of hydrogen-bond acceptors (Lipinski definition) is 13. The van der Waals surface area contributed by atoms with Crippen molar-refractivity contribution in [3.63, 3.8) is 0 Å². The first-order valence-electron chi connectivity index (χ1n) is 40.2. The minimum absolute atomic E-state index is 0.0297. The SMILES string of the molecule is C[C@H](CCC(=O)OCC(Cl)(Cl)Cl)[C@H]1CC[C@H]2[C@@H]3[C@H](OCOCc4ccccc4)C[C@@H]4C[C@H](OC(=O)CC[C@@H](C)[C@H]5CC[C@H]6[C@@H]7[C@H](OCOCc8ccccc8)C[C@@H]8C[C@H](O[Si](C)(C)C(C)(C)C)CC[C@]8(C)[C@H]7C[C@H](OCOCc7ccccc7)[C@]56C)CC[C@]4(C)[C@H]3C[C@H](OCOCc3ccccc3)[C@]12C. The normalized spacial score (nSPS) is 35.0. The zero-order valence-corrected chi connectivity index (χ0v) is 68.2. The number of ether oxygens (including phenoxy) is 10. The average molecular weight is 1530 g/mol. The third kappa shape index (κ3) is 18.7. The van der Waals surface area contributed by atoms with Gasteiger partial charge >= 0.3 is 11.9 Å². The Hall–Kier alpha value is -3.45. The molecule has 8 saturated carbocycles. The van der Waals surface area contributed by atoms with Crippen molar-refractivity contribution >= 4 is 55.1 Å². The molecule has 0 aromatic heterocycles. The Morgan fingerprint density at radius 2 is 0.848 bits per heavy atom. The molecule has 12 rings (SSSR count). The molecule has 17 heteroatoms. The molecule has 0 saturated heterocycles. The molecule has 4 aromatic carbocycles. The van der Waals surface area contributed by atoms with Gasteiger partial charge in [-0.05, 0) is 225 Å². The highest BCUT2D eigenvalue weighted by Crippen LogP contribution is 2.72. The van der Waals surface area contributed by atoms with E-state index in [1.54, 1.807) is 0 Å². The summed E-state index contributed by atoms with van der Waals surface area (Å²) in [6.45, 7) is 29.2. The Morgan fingerprint density at radius 3 is 1.24 bits per heavy atom. The molecule has 8 aliphatic carbocycles. The summed E-state index contributed by atoms with van der Waals surface area (Å²) < 4.78 is 72.4. The Morgan fingerprint density at radius 1 is 0.476 bits per heavy atom.